The third-order valence-corrected chi connectivity index (χ3v) is 1.56. The maximum Gasteiger partial charge on any atom is 0.331 e. The largest absolute Gasteiger partial charge is 0.478 e. The normalized spacial score (nSPS) is 11.7. The lowest BCUT2D eigenvalue weighted by Gasteiger charge is -1.95. The van der Waals surface area contributed by atoms with Gasteiger partial charge < -0.3 is 9.67 Å². The summed E-state index contributed by atoms with van der Waals surface area (Å²) < 4.78 is 1.76. The topological polar surface area (TPSA) is 55.1 Å². The predicted octanol–water partition coefficient (Wildman–Crippen LogP) is 0.908. The van der Waals surface area contributed by atoms with Gasteiger partial charge in [0.25, 0.3) is 0 Å². The van der Waals surface area contributed by atoms with Crippen molar-refractivity contribution < 1.29 is 9.90 Å². The number of rotatable bonds is 2. The molecule has 0 atom stereocenters. The number of hydrogen-bond acceptors (Lipinski definition) is 2. The zero-order valence-electron chi connectivity index (χ0n) is 6.98. The number of aliphatic carboxylic acids is 1. The first-order valence-electron chi connectivity index (χ1n) is 3.49. The molecule has 0 aromatic carbocycles. The molecule has 1 rings (SSSR count). The Balaban J connectivity index is 2.95. The molecule has 0 radical (unpaired) electrons. The van der Waals surface area contributed by atoms with Crippen molar-refractivity contribution in [1.29, 1.82) is 0 Å². The Labute approximate surface area is 70.2 Å². The maximum absolute atomic E-state index is 10.4. The van der Waals surface area contributed by atoms with E-state index in [0.29, 0.717) is 5.57 Å². The van der Waals surface area contributed by atoms with E-state index in [1.807, 2.05) is 7.05 Å². The Morgan fingerprint density at radius 1 is 1.75 bits per heavy atom. The van der Waals surface area contributed by atoms with Crippen molar-refractivity contribution in [3.8, 4) is 0 Å². The lowest BCUT2D eigenvalue weighted by molar-refractivity contribution is -0.132. The lowest BCUT2D eigenvalue weighted by Crippen LogP contribution is -1.97. The van der Waals surface area contributed by atoms with Gasteiger partial charge in [-0.25, -0.2) is 9.78 Å². The first kappa shape index (κ1) is 8.52. The summed E-state index contributed by atoms with van der Waals surface area (Å²) in [4.78, 5) is 14.3. The summed E-state index contributed by atoms with van der Waals surface area (Å²) in [6.07, 6.45) is 4.82. The minimum atomic E-state index is -0.906. The Hall–Kier alpha value is -1.58. The number of aryl methyl sites for hydroxylation is 1. The minimum Gasteiger partial charge on any atom is -0.478 e. The smallest absolute Gasteiger partial charge is 0.331 e. The van der Waals surface area contributed by atoms with Gasteiger partial charge in [0.15, 0.2) is 0 Å². The van der Waals surface area contributed by atoms with Gasteiger partial charge in [0.2, 0.25) is 0 Å². The van der Waals surface area contributed by atoms with Crippen molar-refractivity contribution in [1.82, 2.24) is 9.55 Å². The monoisotopic (exact) mass is 166 g/mol. The van der Waals surface area contributed by atoms with Gasteiger partial charge in [-0.2, -0.15) is 0 Å². The average Bonchev–Trinajstić information content (AvgIpc) is 2.36. The highest BCUT2D eigenvalue weighted by Crippen LogP contribution is 2.04. The quantitative estimate of drug-likeness (QED) is 0.664. The van der Waals surface area contributed by atoms with Crippen LogP contribution in [0.4, 0.5) is 0 Å². The van der Waals surface area contributed by atoms with Crippen LogP contribution in [0.2, 0.25) is 0 Å². The Morgan fingerprint density at radius 2 is 2.42 bits per heavy atom. The summed E-state index contributed by atoms with van der Waals surface area (Å²) >= 11 is 0. The second-order valence-electron chi connectivity index (χ2n) is 2.56. The standard InChI is InChI=1S/C8H10N2O2/c1-6(8(11)12)3-7-4-9-5-10(7)2/h3-5H,1-2H3,(H,11,12)/b6-3+. The van der Waals surface area contributed by atoms with Gasteiger partial charge in [0.05, 0.1) is 18.2 Å². The summed E-state index contributed by atoms with van der Waals surface area (Å²) in [7, 11) is 1.81. The van der Waals surface area contributed by atoms with Gasteiger partial charge in [-0.3, -0.25) is 0 Å². The zero-order valence-corrected chi connectivity index (χ0v) is 6.98. The molecule has 1 heterocycles. The first-order chi connectivity index (χ1) is 5.61. The second-order valence-corrected chi connectivity index (χ2v) is 2.56. The van der Waals surface area contributed by atoms with Crippen molar-refractivity contribution in [2.24, 2.45) is 7.05 Å². The second kappa shape index (κ2) is 3.21. The van der Waals surface area contributed by atoms with Crippen LogP contribution in [0.25, 0.3) is 6.08 Å². The number of hydrogen-bond donors (Lipinski definition) is 1. The van der Waals surface area contributed by atoms with Crippen molar-refractivity contribution in [2.75, 3.05) is 0 Å². The molecule has 0 unspecified atom stereocenters. The van der Waals surface area contributed by atoms with E-state index in [9.17, 15) is 4.79 Å². The molecule has 0 bridgehead atoms. The van der Waals surface area contributed by atoms with Gasteiger partial charge >= 0.3 is 5.97 Å². The molecule has 0 amide bonds. The van der Waals surface area contributed by atoms with E-state index in [1.54, 1.807) is 30.1 Å². The summed E-state index contributed by atoms with van der Waals surface area (Å²) in [5, 5.41) is 8.57. The minimum absolute atomic E-state index is 0.304. The maximum atomic E-state index is 10.4. The summed E-state index contributed by atoms with van der Waals surface area (Å²) in [5.74, 6) is -0.906. The number of carboxylic acids is 1. The van der Waals surface area contributed by atoms with Gasteiger partial charge in [-0.05, 0) is 13.0 Å². The molecule has 64 valence electrons. The van der Waals surface area contributed by atoms with Crippen LogP contribution < -0.4 is 0 Å². The molecule has 0 aliphatic carbocycles. The van der Waals surface area contributed by atoms with Crippen LogP contribution >= 0.6 is 0 Å². The Bertz CT molecular complexity index is 326. The molecule has 0 fully saturated rings. The van der Waals surface area contributed by atoms with E-state index in [1.165, 1.54) is 0 Å². The fraction of sp³-hybridized carbons (Fsp3) is 0.250. The van der Waals surface area contributed by atoms with E-state index in [4.69, 9.17) is 5.11 Å². The number of nitrogens with zero attached hydrogens (tertiary/aromatic N) is 2. The van der Waals surface area contributed by atoms with Crippen LogP contribution in [0.15, 0.2) is 18.1 Å². The molecule has 1 N–H and O–H groups in total. The molecule has 12 heavy (non-hydrogen) atoms. The van der Waals surface area contributed by atoms with Gasteiger partial charge in [0.1, 0.15) is 0 Å². The third-order valence-electron chi connectivity index (χ3n) is 1.56. The molecule has 0 aliphatic rings. The van der Waals surface area contributed by atoms with E-state index < -0.39 is 5.97 Å². The molecule has 0 saturated heterocycles. The average molecular weight is 166 g/mol. The van der Waals surface area contributed by atoms with Crippen molar-refractivity contribution in [3.63, 3.8) is 0 Å². The van der Waals surface area contributed by atoms with Crippen LogP contribution in [0.3, 0.4) is 0 Å². The van der Waals surface area contributed by atoms with Gasteiger partial charge in [0, 0.05) is 12.6 Å². The van der Waals surface area contributed by atoms with E-state index >= 15 is 0 Å². The number of aromatic nitrogens is 2. The highest BCUT2D eigenvalue weighted by atomic mass is 16.4. The fourth-order valence-corrected chi connectivity index (χ4v) is 0.790. The first-order valence-corrected chi connectivity index (χ1v) is 3.49. The van der Waals surface area contributed by atoms with Crippen molar-refractivity contribution in [3.05, 3.63) is 23.8 Å². The van der Waals surface area contributed by atoms with Crippen LogP contribution in [-0.4, -0.2) is 20.6 Å². The summed E-state index contributed by atoms with van der Waals surface area (Å²) in [5.41, 5.74) is 1.09. The molecule has 0 spiro atoms. The molecule has 4 heteroatoms. The van der Waals surface area contributed by atoms with Crippen LogP contribution in [0.1, 0.15) is 12.6 Å². The van der Waals surface area contributed by atoms with E-state index in [2.05, 4.69) is 4.98 Å². The Kier molecular flexibility index (Phi) is 2.28. The molecular weight excluding hydrogens is 156 g/mol. The van der Waals surface area contributed by atoms with E-state index in [-0.39, 0.29) is 0 Å². The third kappa shape index (κ3) is 1.72. The molecule has 1 aromatic rings. The predicted molar refractivity (Wildman–Crippen MR) is 44.5 cm³/mol. The molecular formula is C8H10N2O2. The van der Waals surface area contributed by atoms with Crippen LogP contribution in [0.5, 0.6) is 0 Å². The van der Waals surface area contributed by atoms with Crippen LogP contribution in [-0.2, 0) is 11.8 Å². The highest BCUT2D eigenvalue weighted by molar-refractivity contribution is 5.91. The SMILES string of the molecule is C/C(=C\c1cncn1C)C(=O)O. The number of carbonyl (C=O) groups is 1. The molecule has 0 saturated carbocycles. The van der Waals surface area contributed by atoms with E-state index in [0.717, 1.165) is 5.69 Å². The van der Waals surface area contributed by atoms with Crippen molar-refractivity contribution >= 4 is 12.0 Å². The number of imidazole rings is 1. The highest BCUT2D eigenvalue weighted by Gasteiger charge is 2.01. The fourth-order valence-electron chi connectivity index (χ4n) is 0.790. The van der Waals surface area contributed by atoms with Gasteiger partial charge in [-0.1, -0.05) is 0 Å². The van der Waals surface area contributed by atoms with Crippen LogP contribution in [0, 0.1) is 0 Å². The molecule has 4 nitrogen and oxygen atoms in total. The van der Waals surface area contributed by atoms with Crippen molar-refractivity contribution in [2.45, 2.75) is 6.92 Å². The number of carboxylic acid groups (broad SMARTS) is 1. The lowest BCUT2D eigenvalue weighted by atomic mass is 10.2. The zero-order chi connectivity index (χ0) is 9.14. The summed E-state index contributed by atoms with van der Waals surface area (Å²) in [6.45, 7) is 1.55. The Morgan fingerprint density at radius 3 is 2.83 bits per heavy atom. The summed E-state index contributed by atoms with van der Waals surface area (Å²) in [6, 6.07) is 0. The molecule has 1 aromatic heterocycles. The van der Waals surface area contributed by atoms with Gasteiger partial charge in [-0.15, -0.1) is 0 Å². The molecule has 0 aliphatic heterocycles.